The van der Waals surface area contributed by atoms with Crippen LogP contribution in [0.2, 0.25) is 0 Å². The van der Waals surface area contributed by atoms with E-state index in [1.807, 2.05) is 4.90 Å². The molecule has 1 unspecified atom stereocenters. The number of carbonyl (C=O) groups is 2. The second-order valence-corrected chi connectivity index (χ2v) is 6.87. The number of nitrogens with zero attached hydrogens (tertiary/aromatic N) is 2. The van der Waals surface area contributed by atoms with E-state index in [4.69, 9.17) is 0 Å². The maximum Gasteiger partial charge on any atom is 0.305 e. The Labute approximate surface area is 126 Å². The predicted octanol–water partition coefficient (Wildman–Crippen LogP) is 1.72. The van der Waals surface area contributed by atoms with Gasteiger partial charge in [-0.05, 0) is 31.6 Å². The molecule has 1 aliphatic heterocycles. The van der Waals surface area contributed by atoms with E-state index in [9.17, 15) is 14.7 Å². The van der Waals surface area contributed by atoms with Gasteiger partial charge in [-0.25, -0.2) is 0 Å². The summed E-state index contributed by atoms with van der Waals surface area (Å²) in [5.41, 5.74) is 0. The van der Waals surface area contributed by atoms with Crippen LogP contribution in [-0.2, 0) is 9.59 Å². The quantitative estimate of drug-likeness (QED) is 0.838. The lowest BCUT2D eigenvalue weighted by atomic mass is 9.91. The minimum Gasteiger partial charge on any atom is -0.481 e. The number of carboxylic acids is 1. The van der Waals surface area contributed by atoms with Crippen molar-refractivity contribution < 1.29 is 14.7 Å². The third kappa shape index (κ3) is 3.57. The van der Waals surface area contributed by atoms with Gasteiger partial charge in [-0.3, -0.25) is 14.5 Å². The van der Waals surface area contributed by atoms with E-state index in [2.05, 4.69) is 4.90 Å². The molecule has 0 bridgehead atoms. The zero-order valence-corrected chi connectivity index (χ0v) is 12.7. The lowest BCUT2D eigenvalue weighted by Gasteiger charge is -2.45. The third-order valence-corrected chi connectivity index (χ3v) is 5.21. The van der Waals surface area contributed by atoms with Crippen LogP contribution in [-0.4, -0.2) is 58.5 Å². The first-order valence-corrected chi connectivity index (χ1v) is 8.41. The highest BCUT2D eigenvalue weighted by Gasteiger charge is 2.40. The number of hydrogen-bond acceptors (Lipinski definition) is 3. The molecule has 118 valence electrons. The standard InChI is InChI=1S/C16H26N2O3/c19-15(20)10-14-16(21)17(11-12-6-7-12)8-9-18(14)13-4-2-1-3-5-13/h12-14H,1-11H2,(H,19,20). The number of amides is 1. The summed E-state index contributed by atoms with van der Waals surface area (Å²) >= 11 is 0. The molecule has 3 aliphatic rings. The van der Waals surface area contributed by atoms with Gasteiger partial charge in [-0.1, -0.05) is 19.3 Å². The molecular weight excluding hydrogens is 268 g/mol. The van der Waals surface area contributed by atoms with Crippen molar-refractivity contribution in [1.29, 1.82) is 0 Å². The van der Waals surface area contributed by atoms with Crippen molar-refractivity contribution in [2.75, 3.05) is 19.6 Å². The molecule has 1 atom stereocenters. The Morgan fingerprint density at radius 3 is 2.43 bits per heavy atom. The first-order valence-electron chi connectivity index (χ1n) is 8.41. The molecule has 0 radical (unpaired) electrons. The Kier molecular flexibility index (Phi) is 4.48. The van der Waals surface area contributed by atoms with E-state index >= 15 is 0 Å². The molecule has 0 aromatic heterocycles. The molecule has 0 aromatic carbocycles. The Hall–Kier alpha value is -1.10. The maximum absolute atomic E-state index is 12.7. The molecular formula is C16H26N2O3. The van der Waals surface area contributed by atoms with Gasteiger partial charge in [0.25, 0.3) is 0 Å². The number of carboxylic acid groups (broad SMARTS) is 1. The molecule has 3 rings (SSSR count). The molecule has 5 nitrogen and oxygen atoms in total. The molecule has 1 saturated heterocycles. The van der Waals surface area contributed by atoms with Crippen LogP contribution in [0.5, 0.6) is 0 Å². The van der Waals surface area contributed by atoms with Crippen LogP contribution in [0.4, 0.5) is 0 Å². The zero-order valence-electron chi connectivity index (χ0n) is 12.7. The molecule has 1 amide bonds. The Morgan fingerprint density at radius 2 is 1.81 bits per heavy atom. The van der Waals surface area contributed by atoms with Gasteiger partial charge < -0.3 is 10.0 Å². The van der Waals surface area contributed by atoms with Crippen LogP contribution in [0.3, 0.4) is 0 Å². The molecule has 21 heavy (non-hydrogen) atoms. The topological polar surface area (TPSA) is 60.9 Å². The summed E-state index contributed by atoms with van der Waals surface area (Å²) in [5.74, 6) is -0.135. The maximum atomic E-state index is 12.7. The predicted molar refractivity (Wildman–Crippen MR) is 78.9 cm³/mol. The molecule has 1 N–H and O–H groups in total. The third-order valence-electron chi connectivity index (χ3n) is 5.21. The first kappa shape index (κ1) is 14.8. The summed E-state index contributed by atoms with van der Waals surface area (Å²) in [5, 5.41) is 9.18. The van der Waals surface area contributed by atoms with Crippen molar-refractivity contribution in [3.8, 4) is 0 Å². The van der Waals surface area contributed by atoms with E-state index in [0.29, 0.717) is 12.0 Å². The van der Waals surface area contributed by atoms with Crippen LogP contribution in [0.25, 0.3) is 0 Å². The molecule has 2 saturated carbocycles. The highest BCUT2D eigenvalue weighted by molar-refractivity contribution is 5.87. The summed E-state index contributed by atoms with van der Waals surface area (Å²) < 4.78 is 0. The smallest absolute Gasteiger partial charge is 0.305 e. The number of piperazine rings is 1. The zero-order chi connectivity index (χ0) is 14.8. The number of hydrogen-bond donors (Lipinski definition) is 1. The van der Waals surface area contributed by atoms with Crippen LogP contribution < -0.4 is 0 Å². The highest BCUT2D eigenvalue weighted by atomic mass is 16.4. The summed E-state index contributed by atoms with van der Waals surface area (Å²) in [6, 6.07) is -0.0202. The summed E-state index contributed by atoms with van der Waals surface area (Å²) in [6.45, 7) is 2.47. The van der Waals surface area contributed by atoms with Gasteiger partial charge in [0.05, 0.1) is 6.42 Å². The average Bonchev–Trinajstić information content (AvgIpc) is 3.28. The largest absolute Gasteiger partial charge is 0.481 e. The number of aliphatic carboxylic acids is 1. The average molecular weight is 294 g/mol. The van der Waals surface area contributed by atoms with Gasteiger partial charge in [0, 0.05) is 25.7 Å². The lowest BCUT2D eigenvalue weighted by Crippen LogP contribution is -2.60. The summed E-state index contributed by atoms with van der Waals surface area (Å²) in [6.07, 6.45) is 8.32. The van der Waals surface area contributed by atoms with Crippen LogP contribution in [0.1, 0.15) is 51.4 Å². The fourth-order valence-corrected chi connectivity index (χ4v) is 3.87. The van der Waals surface area contributed by atoms with E-state index < -0.39 is 12.0 Å². The van der Waals surface area contributed by atoms with Crippen molar-refractivity contribution in [2.24, 2.45) is 5.92 Å². The minimum absolute atomic E-state index is 0.0451. The van der Waals surface area contributed by atoms with Crippen molar-refractivity contribution in [1.82, 2.24) is 9.80 Å². The van der Waals surface area contributed by atoms with Gasteiger partial charge >= 0.3 is 5.97 Å². The van der Waals surface area contributed by atoms with Gasteiger partial charge in [-0.2, -0.15) is 0 Å². The second-order valence-electron chi connectivity index (χ2n) is 6.87. The Bertz CT molecular complexity index is 402. The van der Waals surface area contributed by atoms with Gasteiger partial charge in [0.15, 0.2) is 0 Å². The lowest BCUT2D eigenvalue weighted by molar-refractivity contribution is -0.151. The fraction of sp³-hybridized carbons (Fsp3) is 0.875. The van der Waals surface area contributed by atoms with E-state index in [1.54, 1.807) is 0 Å². The van der Waals surface area contributed by atoms with Crippen LogP contribution in [0.15, 0.2) is 0 Å². The molecule has 1 heterocycles. The normalized spacial score (nSPS) is 28.9. The molecule has 0 aromatic rings. The van der Waals surface area contributed by atoms with Gasteiger partial charge in [-0.15, -0.1) is 0 Å². The molecule has 3 fully saturated rings. The van der Waals surface area contributed by atoms with Crippen molar-refractivity contribution in [3.05, 3.63) is 0 Å². The highest BCUT2D eigenvalue weighted by Crippen LogP contribution is 2.32. The fourth-order valence-electron chi connectivity index (χ4n) is 3.87. The van der Waals surface area contributed by atoms with E-state index in [-0.39, 0.29) is 12.3 Å². The van der Waals surface area contributed by atoms with Crippen molar-refractivity contribution in [3.63, 3.8) is 0 Å². The SMILES string of the molecule is O=C(O)CC1C(=O)N(CC2CC2)CCN1C1CCCCC1. The minimum atomic E-state index is -0.859. The second kappa shape index (κ2) is 6.34. The Balaban J connectivity index is 1.69. The number of rotatable bonds is 5. The van der Waals surface area contributed by atoms with Gasteiger partial charge in [0.1, 0.15) is 6.04 Å². The van der Waals surface area contributed by atoms with Crippen molar-refractivity contribution >= 4 is 11.9 Å². The van der Waals surface area contributed by atoms with Gasteiger partial charge in [0.2, 0.25) is 5.91 Å². The molecule has 0 spiro atoms. The number of carbonyl (C=O) groups excluding carboxylic acids is 1. The Morgan fingerprint density at radius 1 is 1.10 bits per heavy atom. The monoisotopic (exact) mass is 294 g/mol. The summed E-state index contributed by atoms with van der Waals surface area (Å²) in [4.78, 5) is 28.0. The van der Waals surface area contributed by atoms with Crippen LogP contribution >= 0.6 is 0 Å². The van der Waals surface area contributed by atoms with E-state index in [1.165, 1.54) is 32.1 Å². The summed E-state index contributed by atoms with van der Waals surface area (Å²) in [7, 11) is 0. The van der Waals surface area contributed by atoms with E-state index in [0.717, 1.165) is 32.5 Å². The first-order chi connectivity index (χ1) is 10.1. The van der Waals surface area contributed by atoms with Crippen LogP contribution in [0, 0.1) is 5.92 Å². The molecule has 2 aliphatic carbocycles. The van der Waals surface area contributed by atoms with Crippen molar-refractivity contribution in [2.45, 2.75) is 63.5 Å². The molecule has 5 heteroatoms.